The molecule has 7 aromatic rings. The van der Waals surface area contributed by atoms with Crippen LogP contribution in [0.15, 0.2) is 168 Å². The zero-order valence-corrected chi connectivity index (χ0v) is 27.4. The Hall–Kier alpha value is -5.86. The molecule has 10 rings (SSSR count). The van der Waals surface area contributed by atoms with Crippen molar-refractivity contribution in [3.63, 3.8) is 0 Å². The largest absolute Gasteiger partial charge is 0.456 e. The lowest BCUT2D eigenvalue weighted by atomic mass is 9.71. The Morgan fingerprint density at radius 3 is 2.22 bits per heavy atom. The fourth-order valence-corrected chi connectivity index (χ4v) is 8.59. The van der Waals surface area contributed by atoms with Crippen LogP contribution in [0.25, 0.3) is 44.0 Å². The van der Waals surface area contributed by atoms with E-state index in [0.717, 1.165) is 29.9 Å². The summed E-state index contributed by atoms with van der Waals surface area (Å²) in [6.07, 6.45) is 9.01. The van der Waals surface area contributed by atoms with Crippen LogP contribution in [-0.2, 0) is 0 Å². The molecule has 2 nitrogen and oxygen atoms in total. The van der Waals surface area contributed by atoms with E-state index in [9.17, 15) is 0 Å². The number of fused-ring (bicyclic) bond motifs is 10. The van der Waals surface area contributed by atoms with E-state index in [1.54, 1.807) is 0 Å². The second kappa shape index (κ2) is 11.1. The average Bonchev–Trinajstić information content (AvgIpc) is 3.56. The van der Waals surface area contributed by atoms with Gasteiger partial charge in [-0.3, -0.25) is 0 Å². The van der Waals surface area contributed by atoms with Gasteiger partial charge in [-0.2, -0.15) is 0 Å². The molecule has 49 heavy (non-hydrogen) atoms. The Morgan fingerprint density at radius 1 is 0.633 bits per heavy atom. The van der Waals surface area contributed by atoms with Crippen molar-refractivity contribution in [2.24, 2.45) is 0 Å². The highest BCUT2D eigenvalue weighted by molar-refractivity contribution is 5.99. The molecule has 3 aliphatic rings. The third kappa shape index (κ3) is 4.41. The van der Waals surface area contributed by atoms with Gasteiger partial charge >= 0.3 is 0 Å². The molecule has 0 saturated carbocycles. The first-order valence-corrected chi connectivity index (χ1v) is 17.4. The summed E-state index contributed by atoms with van der Waals surface area (Å²) in [6, 6.07) is 50.9. The summed E-state index contributed by atoms with van der Waals surface area (Å²) < 4.78 is 6.53. The van der Waals surface area contributed by atoms with Gasteiger partial charge in [-0.05, 0) is 87.9 Å². The standard InChI is InChI=1S/C47H35NO/c1-30-21-27-36(47-46(30)42-18-8-9-20-45(42)49-47)32-22-24-33(25-23-32)48(44-19-10-12-31-11-2-3-13-35(31)44)34-26-28-41-39-16-5-4-14-37(39)38-15-6-7-17-40(38)43(41)29-34/h2-20,22-28,30,43H,21,29H2,1H3/t30-,43?/m1/s1. The van der Waals surface area contributed by atoms with Crippen LogP contribution < -0.4 is 4.90 Å². The molecule has 0 radical (unpaired) electrons. The zero-order chi connectivity index (χ0) is 32.5. The number of hydrogen-bond donors (Lipinski definition) is 0. The molecule has 6 aromatic carbocycles. The monoisotopic (exact) mass is 629 g/mol. The van der Waals surface area contributed by atoms with Crippen molar-refractivity contribution in [1.82, 2.24) is 0 Å². The van der Waals surface area contributed by atoms with Gasteiger partial charge in [-0.25, -0.2) is 0 Å². The maximum atomic E-state index is 6.53. The van der Waals surface area contributed by atoms with Crippen LogP contribution in [0, 0.1) is 0 Å². The topological polar surface area (TPSA) is 16.4 Å². The normalized spacial score (nSPS) is 17.7. The first-order valence-electron chi connectivity index (χ1n) is 17.4. The molecule has 0 saturated heterocycles. The summed E-state index contributed by atoms with van der Waals surface area (Å²) in [7, 11) is 0. The summed E-state index contributed by atoms with van der Waals surface area (Å²) in [5.74, 6) is 1.72. The van der Waals surface area contributed by atoms with E-state index >= 15 is 0 Å². The van der Waals surface area contributed by atoms with Crippen molar-refractivity contribution in [2.75, 3.05) is 4.90 Å². The molecule has 0 amide bonds. The van der Waals surface area contributed by atoms with Gasteiger partial charge in [0, 0.05) is 39.2 Å². The zero-order valence-electron chi connectivity index (χ0n) is 27.4. The van der Waals surface area contributed by atoms with Crippen LogP contribution in [-0.4, -0.2) is 0 Å². The number of furan rings is 1. The van der Waals surface area contributed by atoms with Crippen LogP contribution in [0.3, 0.4) is 0 Å². The molecule has 0 N–H and O–H groups in total. The molecule has 1 unspecified atom stereocenters. The molecule has 2 heteroatoms. The number of rotatable bonds is 4. The first kappa shape index (κ1) is 28.2. The lowest BCUT2D eigenvalue weighted by molar-refractivity contribution is 0.581. The van der Waals surface area contributed by atoms with Crippen molar-refractivity contribution in [1.29, 1.82) is 0 Å². The van der Waals surface area contributed by atoms with E-state index in [-0.39, 0.29) is 5.92 Å². The number of para-hydroxylation sites is 1. The number of nitrogens with zero attached hydrogens (tertiary/aromatic N) is 1. The SMILES string of the molecule is C[C@@H]1CC=C(c2ccc(N(C3=CC=C4c5ccccc5-c5ccccc5C4C3)c3cccc4ccccc34)cc2)c2oc3ccccc3c21. The average molecular weight is 630 g/mol. The predicted molar refractivity (Wildman–Crippen MR) is 204 cm³/mol. The van der Waals surface area contributed by atoms with E-state index in [1.165, 1.54) is 72.1 Å². The molecule has 1 heterocycles. The third-order valence-corrected chi connectivity index (χ3v) is 10.9. The molecule has 0 fully saturated rings. The summed E-state index contributed by atoms with van der Waals surface area (Å²) in [6.45, 7) is 2.31. The van der Waals surface area contributed by atoms with Crippen molar-refractivity contribution in [3.05, 3.63) is 191 Å². The van der Waals surface area contributed by atoms with Gasteiger partial charge in [0.2, 0.25) is 0 Å². The maximum Gasteiger partial charge on any atom is 0.139 e. The van der Waals surface area contributed by atoms with Gasteiger partial charge in [0.1, 0.15) is 11.3 Å². The minimum atomic E-state index is 0.281. The molecule has 1 aromatic heterocycles. The first-order chi connectivity index (χ1) is 24.2. The van der Waals surface area contributed by atoms with E-state index in [0.29, 0.717) is 5.92 Å². The van der Waals surface area contributed by atoms with Gasteiger partial charge < -0.3 is 9.32 Å². The van der Waals surface area contributed by atoms with Crippen LogP contribution in [0.4, 0.5) is 11.4 Å². The van der Waals surface area contributed by atoms with Crippen molar-refractivity contribution in [2.45, 2.75) is 31.6 Å². The van der Waals surface area contributed by atoms with Gasteiger partial charge in [-0.15, -0.1) is 0 Å². The molecule has 0 spiro atoms. The highest BCUT2D eigenvalue weighted by Gasteiger charge is 2.33. The smallest absolute Gasteiger partial charge is 0.139 e. The molecule has 234 valence electrons. The Balaban J connectivity index is 1.11. The molecule has 0 bridgehead atoms. The molecular formula is C47H35NO. The summed E-state index contributed by atoms with van der Waals surface area (Å²) in [5.41, 5.74) is 15.2. The fourth-order valence-electron chi connectivity index (χ4n) is 8.59. The van der Waals surface area contributed by atoms with E-state index in [1.807, 2.05) is 0 Å². The number of anilines is 2. The van der Waals surface area contributed by atoms with Crippen molar-refractivity contribution < 1.29 is 4.42 Å². The van der Waals surface area contributed by atoms with Crippen molar-refractivity contribution >= 4 is 44.3 Å². The summed E-state index contributed by atoms with van der Waals surface area (Å²) in [5, 5.41) is 3.72. The van der Waals surface area contributed by atoms with E-state index < -0.39 is 0 Å². The van der Waals surface area contributed by atoms with Gasteiger partial charge in [0.25, 0.3) is 0 Å². The Morgan fingerprint density at radius 2 is 1.35 bits per heavy atom. The van der Waals surface area contributed by atoms with Gasteiger partial charge in [0.05, 0.1) is 5.69 Å². The quantitative estimate of drug-likeness (QED) is 0.193. The highest BCUT2D eigenvalue weighted by atomic mass is 16.3. The van der Waals surface area contributed by atoms with Crippen LogP contribution in [0.1, 0.15) is 59.6 Å². The lowest BCUT2D eigenvalue weighted by Gasteiger charge is -2.37. The number of allylic oxidation sites excluding steroid dienone is 5. The highest BCUT2D eigenvalue weighted by Crippen LogP contribution is 2.52. The minimum absolute atomic E-state index is 0.281. The van der Waals surface area contributed by atoms with E-state index in [2.05, 4.69) is 170 Å². The van der Waals surface area contributed by atoms with E-state index in [4.69, 9.17) is 4.42 Å². The Labute approximate surface area is 287 Å². The fraction of sp³-hybridized carbons (Fsp3) is 0.106. The maximum absolute atomic E-state index is 6.53. The molecule has 3 aliphatic carbocycles. The summed E-state index contributed by atoms with van der Waals surface area (Å²) >= 11 is 0. The lowest BCUT2D eigenvalue weighted by Crippen LogP contribution is -2.22. The molecule has 0 aliphatic heterocycles. The number of benzene rings is 6. The second-order valence-electron chi connectivity index (χ2n) is 13.6. The van der Waals surface area contributed by atoms with Gasteiger partial charge in [-0.1, -0.05) is 134 Å². The molecular weight excluding hydrogens is 595 g/mol. The van der Waals surface area contributed by atoms with Crippen LogP contribution in [0.2, 0.25) is 0 Å². The minimum Gasteiger partial charge on any atom is -0.456 e. The number of hydrogen-bond acceptors (Lipinski definition) is 2. The molecule has 2 atom stereocenters. The van der Waals surface area contributed by atoms with Crippen LogP contribution in [0.5, 0.6) is 0 Å². The summed E-state index contributed by atoms with van der Waals surface area (Å²) in [4.78, 5) is 2.49. The predicted octanol–water partition coefficient (Wildman–Crippen LogP) is 12.8. The van der Waals surface area contributed by atoms with Crippen LogP contribution >= 0.6 is 0 Å². The Bertz CT molecular complexity index is 2520. The third-order valence-electron chi connectivity index (χ3n) is 10.9. The second-order valence-corrected chi connectivity index (χ2v) is 13.6. The Kier molecular flexibility index (Phi) is 6.39. The van der Waals surface area contributed by atoms with Gasteiger partial charge in [0.15, 0.2) is 0 Å². The van der Waals surface area contributed by atoms with Crippen molar-refractivity contribution in [3.8, 4) is 11.1 Å².